The first-order chi connectivity index (χ1) is 66.5. The molecule has 0 bridgehead atoms. The Balaban J connectivity index is 0.000000102. The first-order valence-electron chi connectivity index (χ1n) is 44.4. The summed E-state index contributed by atoms with van der Waals surface area (Å²) in [6, 6.07) is 98.8. The molecule has 0 radical (unpaired) electrons. The molecule has 25 aromatic rings. The van der Waals surface area contributed by atoms with E-state index in [0.717, 1.165) is 217 Å². The Morgan fingerprint density at radius 1 is 0.257 bits per heavy atom. The van der Waals surface area contributed by atoms with Gasteiger partial charge in [-0.15, -0.1) is 45.3 Å². The SMILES string of the molecule is Brc1ccc2[nH]cc(-c3nc(-c4cccs4)c(-c4cccs4)[nH]3)c2c1.Cc1[nH]c2ccccc2c1-c1nc(-c2ccc(F)cc2)c(-c2ccncc2)[nH]1.Cc1[nH]c2ccccc2c1-c1nc(-c2cccs2)c(-c2cccs2)[nH]1.Cc1ccc(-c2nc(-c3c(C)[nH]c4ccccc34)[nH]c2-c2ccc(C)cc2)cc1.Cc1ccc(-c2nc(-c3c[nH]c4ccc(Br)cc34)[nH]c2-c2ccc(C)cc2)cc1. The van der Waals surface area contributed by atoms with Gasteiger partial charge in [0.1, 0.15) is 46.3 Å². The summed E-state index contributed by atoms with van der Waals surface area (Å²) in [5.74, 6) is 4.07. The molecule has 136 heavy (non-hydrogen) atoms. The quantitative estimate of drug-likeness (QED) is 0.0479. The van der Waals surface area contributed by atoms with Gasteiger partial charge in [-0.05, 0) is 185 Å². The Morgan fingerprint density at radius 3 is 0.926 bits per heavy atom. The topological polar surface area (TPSA) is 235 Å². The molecule has 23 heteroatoms. The van der Waals surface area contributed by atoms with Gasteiger partial charge in [0.25, 0.3) is 0 Å². The Bertz CT molecular complexity index is 8270. The van der Waals surface area contributed by atoms with Gasteiger partial charge < -0.3 is 49.8 Å². The number of thiophene rings is 4. The molecule has 25 rings (SSSR count). The monoisotopic (exact) mass is 1970 g/mol. The van der Waals surface area contributed by atoms with Crippen LogP contribution in [0, 0.1) is 54.3 Å². The maximum atomic E-state index is 13.4. The molecule has 0 aliphatic rings. The zero-order chi connectivity index (χ0) is 92.6. The van der Waals surface area contributed by atoms with Crippen molar-refractivity contribution >= 4 is 132 Å². The third-order valence-electron chi connectivity index (χ3n) is 24.2. The summed E-state index contributed by atoms with van der Waals surface area (Å²) in [7, 11) is 0. The summed E-state index contributed by atoms with van der Waals surface area (Å²) >= 11 is 14.0. The van der Waals surface area contributed by atoms with Crippen LogP contribution in [-0.2, 0) is 0 Å². The van der Waals surface area contributed by atoms with Crippen LogP contribution in [0.1, 0.15) is 39.3 Å². The number of aromatic amines is 10. The third-order valence-corrected chi connectivity index (χ3v) is 28.7. The first kappa shape index (κ1) is 87.4. The molecular weight excluding hydrogens is 1890 g/mol. The van der Waals surface area contributed by atoms with Crippen LogP contribution in [-0.4, -0.2) is 79.7 Å². The minimum atomic E-state index is -0.266. The fourth-order valence-corrected chi connectivity index (χ4v) is 21.0. The minimum absolute atomic E-state index is 0.266. The summed E-state index contributed by atoms with van der Waals surface area (Å²) in [4.78, 5) is 68.8. The lowest BCUT2D eigenvalue weighted by Crippen LogP contribution is -1.84. The summed E-state index contributed by atoms with van der Waals surface area (Å²) in [6.07, 6.45) is 7.54. The highest BCUT2D eigenvalue weighted by Gasteiger charge is 2.27. The van der Waals surface area contributed by atoms with Crippen LogP contribution in [0.4, 0.5) is 4.39 Å². The number of H-pyrrole nitrogens is 10. The van der Waals surface area contributed by atoms with Crippen molar-refractivity contribution in [2.75, 3.05) is 0 Å². The molecule has 15 heterocycles. The van der Waals surface area contributed by atoms with E-state index in [0.29, 0.717) is 0 Å². The van der Waals surface area contributed by atoms with Crippen LogP contribution in [0.3, 0.4) is 0 Å². The van der Waals surface area contributed by atoms with Crippen molar-refractivity contribution in [2.45, 2.75) is 48.5 Å². The number of hydrogen-bond acceptors (Lipinski definition) is 10. The predicted octanol–water partition coefficient (Wildman–Crippen LogP) is 32.9. The van der Waals surface area contributed by atoms with E-state index in [-0.39, 0.29) is 5.82 Å². The Morgan fingerprint density at radius 2 is 0.559 bits per heavy atom. The zero-order valence-corrected chi connectivity index (χ0v) is 81.2. The van der Waals surface area contributed by atoms with Gasteiger partial charge in [-0.25, -0.2) is 29.3 Å². The van der Waals surface area contributed by atoms with Crippen LogP contribution in [0.5, 0.6) is 0 Å². The van der Waals surface area contributed by atoms with Gasteiger partial charge in [0.2, 0.25) is 0 Å². The molecule has 0 aliphatic carbocycles. The number of benzene rings is 10. The smallest absolute Gasteiger partial charge is 0.141 e. The molecule has 664 valence electrons. The average molecular weight is 1980 g/mol. The normalized spacial score (nSPS) is 11.3. The minimum Gasteiger partial charge on any atom is -0.360 e. The van der Waals surface area contributed by atoms with Gasteiger partial charge in [-0.1, -0.05) is 230 Å². The van der Waals surface area contributed by atoms with Crippen molar-refractivity contribution in [3.05, 3.63) is 392 Å². The molecule has 16 nitrogen and oxygen atoms in total. The largest absolute Gasteiger partial charge is 0.360 e. The number of imidazole rings is 5. The Hall–Kier alpha value is -15.2. The van der Waals surface area contributed by atoms with Gasteiger partial charge in [0, 0.05) is 167 Å². The lowest BCUT2D eigenvalue weighted by atomic mass is 10.0. The van der Waals surface area contributed by atoms with Gasteiger partial charge in [-0.3, -0.25) is 4.98 Å². The molecule has 0 aliphatic heterocycles. The first-order valence-corrected chi connectivity index (χ1v) is 49.5. The van der Waals surface area contributed by atoms with Gasteiger partial charge in [-0.2, -0.15) is 0 Å². The number of para-hydroxylation sites is 3. The van der Waals surface area contributed by atoms with E-state index in [1.54, 1.807) is 69.9 Å². The molecule has 0 saturated heterocycles. The van der Waals surface area contributed by atoms with Crippen molar-refractivity contribution in [1.82, 2.24) is 79.7 Å². The van der Waals surface area contributed by atoms with Crippen molar-refractivity contribution in [2.24, 2.45) is 0 Å². The van der Waals surface area contributed by atoms with E-state index in [1.807, 2.05) is 55.7 Å². The van der Waals surface area contributed by atoms with Gasteiger partial charge >= 0.3 is 0 Å². The molecule has 0 amide bonds. The molecule has 15 aromatic heterocycles. The number of halogens is 3. The van der Waals surface area contributed by atoms with Crippen LogP contribution in [0.25, 0.3) is 221 Å². The highest BCUT2D eigenvalue weighted by atomic mass is 79.9. The highest BCUT2D eigenvalue weighted by molar-refractivity contribution is 9.10. The maximum Gasteiger partial charge on any atom is 0.141 e. The number of hydrogen-bond donors (Lipinski definition) is 10. The van der Waals surface area contributed by atoms with Crippen LogP contribution < -0.4 is 0 Å². The molecular formula is C113H87Br2FN16S4. The van der Waals surface area contributed by atoms with Crippen molar-refractivity contribution in [1.29, 1.82) is 0 Å². The van der Waals surface area contributed by atoms with E-state index in [1.165, 1.54) is 64.7 Å². The van der Waals surface area contributed by atoms with E-state index in [4.69, 9.17) is 24.9 Å². The van der Waals surface area contributed by atoms with Crippen molar-refractivity contribution < 1.29 is 4.39 Å². The van der Waals surface area contributed by atoms with Crippen molar-refractivity contribution in [3.8, 4) is 167 Å². The lowest BCUT2D eigenvalue weighted by Gasteiger charge is -2.04. The number of rotatable bonds is 15. The number of nitrogens with zero attached hydrogens (tertiary/aromatic N) is 6. The van der Waals surface area contributed by atoms with E-state index >= 15 is 0 Å². The number of nitrogens with one attached hydrogen (secondary N) is 10. The highest BCUT2D eigenvalue weighted by Crippen LogP contribution is 2.46. The molecule has 0 unspecified atom stereocenters. The standard InChI is InChI=1S/C26H23N3.C25H20BrN3.C23H17FN4.C20H15N3S2.C19H12BrN3S2/c1-16-8-12-19(13-9-16)24-25(20-14-10-17(2)11-15-20)29-26(28-24)23-18(3)27-22-7-5-4-6-21(22)23;1-15-3-7-17(8-4-15)23-24(18-9-5-16(2)6-10-18)29-25(28-23)21-14-27-22-12-11-19(26)13-20(21)22;1-14-20(18-4-2-3-5-19(18)26-14)23-27-21(15-6-8-17(24)9-7-15)22(28-23)16-10-12-25-13-11-16;1-12-17(13-6-2-3-7-14(13)21-12)20-22-18(15-8-4-10-24-15)19(23-20)16-9-5-11-25-16;20-11-5-6-14-12(9-11)13(10-21-14)19-22-17(15-3-1-7-24-15)18(23-19)16-4-2-8-25-16/h4-15,27H,1-3H3,(H,28,29);3-14,27H,1-2H3,(H,28,29);2-13,26H,1H3,(H,27,28);2-11,21H,1H3,(H,22,23);1-10,21H,(H,22,23). The zero-order valence-electron chi connectivity index (χ0n) is 74.8. The fourth-order valence-electron chi connectivity index (χ4n) is 17.4. The lowest BCUT2D eigenvalue weighted by molar-refractivity contribution is 0.628. The van der Waals surface area contributed by atoms with Crippen LogP contribution >= 0.6 is 77.2 Å². The van der Waals surface area contributed by atoms with Gasteiger partial charge in [0.05, 0.1) is 65.1 Å². The molecule has 0 spiro atoms. The van der Waals surface area contributed by atoms with Crippen LogP contribution in [0.15, 0.2) is 346 Å². The second kappa shape index (κ2) is 38.0. The average Bonchev–Trinajstić information content (AvgIpc) is 1.63. The molecule has 10 N–H and O–H groups in total. The molecule has 0 atom stereocenters. The predicted molar refractivity (Wildman–Crippen MR) is 572 cm³/mol. The van der Waals surface area contributed by atoms with Crippen molar-refractivity contribution in [3.63, 3.8) is 0 Å². The Kier molecular flexibility index (Phi) is 24.5. The second-order valence-corrected chi connectivity index (χ2v) is 39.1. The van der Waals surface area contributed by atoms with E-state index in [2.05, 4.69) is 380 Å². The third kappa shape index (κ3) is 17.9. The molecule has 10 aromatic carbocycles. The summed E-state index contributed by atoms with van der Waals surface area (Å²) in [5.41, 5.74) is 35.5. The van der Waals surface area contributed by atoms with Gasteiger partial charge in [0.15, 0.2) is 0 Å². The fraction of sp³-hybridized carbons (Fsp3) is 0.0619. The van der Waals surface area contributed by atoms with E-state index < -0.39 is 0 Å². The maximum absolute atomic E-state index is 13.4. The second-order valence-electron chi connectivity index (χ2n) is 33.5. The van der Waals surface area contributed by atoms with Crippen LogP contribution in [0.2, 0.25) is 0 Å². The number of pyridine rings is 1. The summed E-state index contributed by atoms with van der Waals surface area (Å²) < 4.78 is 15.6. The molecule has 0 saturated carbocycles. The summed E-state index contributed by atoms with van der Waals surface area (Å²) in [5, 5.41) is 14.2. The number of fused-ring (bicyclic) bond motifs is 5. The van der Waals surface area contributed by atoms with E-state index in [9.17, 15) is 4.39 Å². The molecule has 0 fully saturated rings. The Labute approximate surface area is 815 Å². The summed E-state index contributed by atoms with van der Waals surface area (Å²) in [6.45, 7) is 14.7. The number of aryl methyl sites for hydroxylation is 7. The number of aromatic nitrogens is 16.